The summed E-state index contributed by atoms with van der Waals surface area (Å²) in [5.74, 6) is 0.101. The van der Waals surface area contributed by atoms with E-state index in [0.29, 0.717) is 0 Å². The lowest BCUT2D eigenvalue weighted by molar-refractivity contribution is -0.153. The first-order valence-corrected chi connectivity index (χ1v) is 6.98. The van der Waals surface area contributed by atoms with Gasteiger partial charge in [0, 0.05) is 0 Å². The van der Waals surface area contributed by atoms with Gasteiger partial charge < -0.3 is 9.84 Å². The largest absolute Gasteiger partial charge is 0.492 e. The zero-order valence-electron chi connectivity index (χ0n) is 11.7. The molecule has 1 saturated carbocycles. The molecule has 0 aromatic heterocycles. The Balaban J connectivity index is 2.11. The van der Waals surface area contributed by atoms with Crippen LogP contribution in [-0.4, -0.2) is 17.7 Å². The molecule has 0 aliphatic heterocycles. The van der Waals surface area contributed by atoms with Gasteiger partial charge in [0.25, 0.3) is 0 Å². The first-order chi connectivity index (χ1) is 9.05. The van der Waals surface area contributed by atoms with Crippen LogP contribution in [0.25, 0.3) is 0 Å². The van der Waals surface area contributed by atoms with Gasteiger partial charge in [0.1, 0.15) is 17.8 Å². The summed E-state index contributed by atoms with van der Waals surface area (Å²) >= 11 is 0. The molecule has 1 aliphatic carbocycles. The van der Waals surface area contributed by atoms with Gasteiger partial charge in [0.05, 0.1) is 0 Å². The third-order valence-corrected chi connectivity index (χ3v) is 4.32. The number of carboxylic acid groups (broad SMARTS) is 1. The number of rotatable bonds is 4. The number of carboxylic acids is 1. The molecule has 0 heterocycles. The van der Waals surface area contributed by atoms with E-state index in [1.54, 1.807) is 0 Å². The normalized spacial score (nSPS) is 18.0. The summed E-state index contributed by atoms with van der Waals surface area (Å²) in [5.41, 5.74) is 1.58. The zero-order chi connectivity index (χ0) is 13.9. The van der Waals surface area contributed by atoms with E-state index < -0.39 is 11.4 Å². The molecule has 0 spiro atoms. The average Bonchev–Trinajstić information content (AvgIpc) is 2.41. The van der Waals surface area contributed by atoms with Crippen LogP contribution in [0.15, 0.2) is 18.2 Å². The Kier molecular flexibility index (Phi) is 4.13. The minimum Gasteiger partial charge on any atom is -0.492 e. The molecule has 3 heteroatoms. The van der Waals surface area contributed by atoms with Crippen molar-refractivity contribution in [3.05, 3.63) is 29.3 Å². The van der Waals surface area contributed by atoms with Crippen LogP contribution in [0, 0.1) is 19.3 Å². The molecule has 3 nitrogen and oxygen atoms in total. The Labute approximate surface area is 114 Å². The van der Waals surface area contributed by atoms with E-state index in [0.717, 1.165) is 43.4 Å². The Hall–Kier alpha value is -1.51. The van der Waals surface area contributed by atoms with Crippen LogP contribution in [0.4, 0.5) is 0 Å². The lowest BCUT2D eigenvalue weighted by Gasteiger charge is -2.33. The Morgan fingerprint density at radius 3 is 2.58 bits per heavy atom. The summed E-state index contributed by atoms with van der Waals surface area (Å²) in [4.78, 5) is 11.6. The SMILES string of the molecule is Cc1cccc(OCC2(C(=O)O)CCCCC2)c1C. The molecule has 1 fully saturated rings. The molecule has 0 atom stereocenters. The van der Waals surface area contributed by atoms with Gasteiger partial charge >= 0.3 is 5.97 Å². The van der Waals surface area contributed by atoms with E-state index >= 15 is 0 Å². The maximum absolute atomic E-state index is 11.6. The zero-order valence-corrected chi connectivity index (χ0v) is 11.7. The Morgan fingerprint density at radius 1 is 1.26 bits per heavy atom. The Morgan fingerprint density at radius 2 is 1.95 bits per heavy atom. The Bertz CT molecular complexity index is 459. The van der Waals surface area contributed by atoms with Gasteiger partial charge in [0.2, 0.25) is 0 Å². The highest BCUT2D eigenvalue weighted by atomic mass is 16.5. The van der Waals surface area contributed by atoms with Crippen molar-refractivity contribution in [1.82, 2.24) is 0 Å². The number of carbonyl (C=O) groups is 1. The van der Waals surface area contributed by atoms with Gasteiger partial charge in [-0.1, -0.05) is 31.4 Å². The molecular formula is C16H22O3. The molecule has 0 bridgehead atoms. The monoisotopic (exact) mass is 262 g/mol. The fourth-order valence-electron chi connectivity index (χ4n) is 2.74. The highest BCUT2D eigenvalue weighted by Crippen LogP contribution is 2.37. The van der Waals surface area contributed by atoms with Crippen molar-refractivity contribution in [3.63, 3.8) is 0 Å². The number of aliphatic carboxylic acids is 1. The van der Waals surface area contributed by atoms with Crippen LogP contribution >= 0.6 is 0 Å². The van der Waals surface area contributed by atoms with E-state index in [-0.39, 0.29) is 6.61 Å². The van der Waals surface area contributed by atoms with Gasteiger partial charge in [-0.15, -0.1) is 0 Å². The maximum atomic E-state index is 11.6. The molecular weight excluding hydrogens is 240 g/mol. The fourth-order valence-corrected chi connectivity index (χ4v) is 2.74. The fraction of sp³-hybridized carbons (Fsp3) is 0.562. The van der Waals surface area contributed by atoms with Crippen LogP contribution in [0.2, 0.25) is 0 Å². The molecule has 1 aromatic rings. The molecule has 0 radical (unpaired) electrons. The highest BCUT2D eigenvalue weighted by molar-refractivity contribution is 5.75. The van der Waals surface area contributed by atoms with Crippen LogP contribution in [-0.2, 0) is 4.79 Å². The predicted octanol–water partition coefficient (Wildman–Crippen LogP) is 3.72. The van der Waals surface area contributed by atoms with Crippen molar-refractivity contribution in [2.75, 3.05) is 6.61 Å². The number of hydrogen-bond donors (Lipinski definition) is 1. The van der Waals surface area contributed by atoms with Crippen LogP contribution in [0.1, 0.15) is 43.2 Å². The molecule has 104 valence electrons. The van der Waals surface area contributed by atoms with E-state index in [1.165, 1.54) is 5.56 Å². The molecule has 0 saturated heterocycles. The summed E-state index contributed by atoms with van der Waals surface area (Å²) in [6, 6.07) is 5.91. The van der Waals surface area contributed by atoms with Crippen molar-refractivity contribution >= 4 is 5.97 Å². The summed E-state index contributed by atoms with van der Waals surface area (Å²) in [6.07, 6.45) is 4.57. The number of aryl methyl sites for hydroxylation is 1. The second-order valence-electron chi connectivity index (χ2n) is 5.63. The average molecular weight is 262 g/mol. The molecule has 0 unspecified atom stereocenters. The van der Waals surface area contributed by atoms with Gasteiger partial charge in [-0.05, 0) is 43.9 Å². The molecule has 2 rings (SSSR count). The van der Waals surface area contributed by atoms with Crippen molar-refractivity contribution < 1.29 is 14.6 Å². The number of hydrogen-bond acceptors (Lipinski definition) is 2. The van der Waals surface area contributed by atoms with Gasteiger partial charge in [0.15, 0.2) is 0 Å². The number of benzene rings is 1. The van der Waals surface area contributed by atoms with E-state index in [1.807, 2.05) is 32.0 Å². The van der Waals surface area contributed by atoms with Crippen LogP contribution in [0.3, 0.4) is 0 Å². The van der Waals surface area contributed by atoms with Gasteiger partial charge in [-0.3, -0.25) is 4.79 Å². The summed E-state index contributed by atoms with van der Waals surface area (Å²) in [5, 5.41) is 9.51. The quantitative estimate of drug-likeness (QED) is 0.899. The highest BCUT2D eigenvalue weighted by Gasteiger charge is 2.40. The van der Waals surface area contributed by atoms with Crippen molar-refractivity contribution in [3.8, 4) is 5.75 Å². The lowest BCUT2D eigenvalue weighted by atomic mass is 9.75. The van der Waals surface area contributed by atoms with E-state index in [2.05, 4.69) is 0 Å². The molecule has 0 amide bonds. The standard InChI is InChI=1S/C16H22O3/c1-12-7-6-8-14(13(12)2)19-11-16(15(17)18)9-4-3-5-10-16/h6-8H,3-5,9-11H2,1-2H3,(H,17,18). The second-order valence-corrected chi connectivity index (χ2v) is 5.63. The van der Waals surface area contributed by atoms with Gasteiger partial charge in [-0.25, -0.2) is 0 Å². The smallest absolute Gasteiger partial charge is 0.313 e. The second kappa shape index (κ2) is 5.64. The molecule has 1 aliphatic rings. The maximum Gasteiger partial charge on any atom is 0.313 e. The van der Waals surface area contributed by atoms with Crippen molar-refractivity contribution in [1.29, 1.82) is 0 Å². The minimum atomic E-state index is -0.711. The summed E-state index contributed by atoms with van der Waals surface area (Å²) in [6.45, 7) is 4.33. The van der Waals surface area contributed by atoms with E-state index in [9.17, 15) is 9.90 Å². The molecule has 1 aromatic carbocycles. The summed E-state index contributed by atoms with van der Waals surface area (Å²) < 4.78 is 5.84. The molecule has 19 heavy (non-hydrogen) atoms. The third kappa shape index (κ3) is 2.91. The summed E-state index contributed by atoms with van der Waals surface area (Å²) in [7, 11) is 0. The minimum absolute atomic E-state index is 0.284. The van der Waals surface area contributed by atoms with Crippen LogP contribution in [0.5, 0.6) is 5.75 Å². The predicted molar refractivity (Wildman–Crippen MR) is 74.6 cm³/mol. The molecule has 1 N–H and O–H groups in total. The van der Waals surface area contributed by atoms with Crippen LogP contribution < -0.4 is 4.74 Å². The first kappa shape index (κ1) is 13.9. The first-order valence-electron chi connectivity index (χ1n) is 6.98. The lowest BCUT2D eigenvalue weighted by Crippen LogP contribution is -2.39. The van der Waals surface area contributed by atoms with Crippen molar-refractivity contribution in [2.45, 2.75) is 46.0 Å². The number of ether oxygens (including phenoxy) is 1. The van der Waals surface area contributed by atoms with E-state index in [4.69, 9.17) is 4.74 Å². The van der Waals surface area contributed by atoms with Gasteiger partial charge in [-0.2, -0.15) is 0 Å². The van der Waals surface area contributed by atoms with Crippen molar-refractivity contribution in [2.24, 2.45) is 5.41 Å². The third-order valence-electron chi connectivity index (χ3n) is 4.32. The topological polar surface area (TPSA) is 46.5 Å².